The molecule has 108 valence electrons. The van der Waals surface area contributed by atoms with Crippen LogP contribution >= 0.6 is 11.3 Å². The van der Waals surface area contributed by atoms with Gasteiger partial charge in [-0.3, -0.25) is 9.80 Å². The molecule has 0 N–H and O–H groups in total. The second-order valence-corrected chi connectivity index (χ2v) is 6.15. The fourth-order valence-electron chi connectivity index (χ4n) is 2.65. The van der Waals surface area contributed by atoms with Gasteiger partial charge in [0.25, 0.3) is 0 Å². The Bertz CT molecular complexity index is 549. The molecule has 0 amide bonds. The molecule has 0 spiro atoms. The molecule has 0 saturated carbocycles. The minimum absolute atomic E-state index is 0.835. The Kier molecular flexibility index (Phi) is 4.62. The van der Waals surface area contributed by atoms with Crippen LogP contribution in [-0.4, -0.2) is 61.2 Å². The van der Waals surface area contributed by atoms with E-state index >= 15 is 0 Å². The number of methoxy groups -OCH3 is 1. The van der Waals surface area contributed by atoms with E-state index in [2.05, 4.69) is 33.0 Å². The molecule has 0 unspecified atom stereocenters. The van der Waals surface area contributed by atoms with E-state index in [1.807, 2.05) is 5.51 Å². The monoisotopic (exact) mass is 291 g/mol. The van der Waals surface area contributed by atoms with Gasteiger partial charge in [0.2, 0.25) is 0 Å². The molecule has 0 bridgehead atoms. The number of ether oxygens (including phenoxy) is 1. The molecule has 1 aliphatic heterocycles. The first-order valence-electron chi connectivity index (χ1n) is 7.11. The van der Waals surface area contributed by atoms with Gasteiger partial charge in [0.1, 0.15) is 0 Å². The summed E-state index contributed by atoms with van der Waals surface area (Å²) in [4.78, 5) is 9.34. The second-order valence-electron chi connectivity index (χ2n) is 5.27. The average Bonchev–Trinajstić information content (AvgIpc) is 2.94. The van der Waals surface area contributed by atoms with Gasteiger partial charge in [-0.2, -0.15) is 0 Å². The maximum absolute atomic E-state index is 5.14. The summed E-state index contributed by atoms with van der Waals surface area (Å²) in [6, 6.07) is 6.62. The van der Waals surface area contributed by atoms with Gasteiger partial charge in [-0.05, 0) is 17.7 Å². The zero-order valence-electron chi connectivity index (χ0n) is 11.9. The summed E-state index contributed by atoms with van der Waals surface area (Å²) < 4.78 is 6.43. The van der Waals surface area contributed by atoms with Crippen LogP contribution in [0.2, 0.25) is 0 Å². The molecule has 1 fully saturated rings. The molecule has 4 nitrogen and oxygen atoms in total. The fourth-order valence-corrected chi connectivity index (χ4v) is 3.39. The maximum atomic E-state index is 5.14. The Morgan fingerprint density at radius 2 is 2.00 bits per heavy atom. The van der Waals surface area contributed by atoms with Crippen LogP contribution in [0.3, 0.4) is 0 Å². The largest absolute Gasteiger partial charge is 0.383 e. The highest BCUT2D eigenvalue weighted by Gasteiger charge is 2.16. The molecule has 0 aliphatic carbocycles. The second kappa shape index (κ2) is 6.63. The van der Waals surface area contributed by atoms with Crippen LogP contribution in [0.15, 0.2) is 23.7 Å². The molecule has 1 aromatic heterocycles. The summed E-state index contributed by atoms with van der Waals surface area (Å²) in [5, 5.41) is 0. The molecule has 2 heterocycles. The number of aromatic nitrogens is 1. The maximum Gasteiger partial charge on any atom is 0.0812 e. The van der Waals surface area contributed by atoms with E-state index in [1.54, 1.807) is 18.4 Å². The minimum atomic E-state index is 0.835. The molecular weight excluding hydrogens is 270 g/mol. The predicted molar refractivity (Wildman–Crippen MR) is 83.2 cm³/mol. The van der Waals surface area contributed by atoms with E-state index in [4.69, 9.17) is 4.74 Å². The van der Waals surface area contributed by atoms with Gasteiger partial charge in [-0.1, -0.05) is 6.07 Å². The van der Waals surface area contributed by atoms with Crippen molar-refractivity contribution in [2.45, 2.75) is 6.54 Å². The van der Waals surface area contributed by atoms with Crippen LogP contribution in [0, 0.1) is 0 Å². The Morgan fingerprint density at radius 1 is 1.20 bits per heavy atom. The normalized spacial score (nSPS) is 17.9. The summed E-state index contributed by atoms with van der Waals surface area (Å²) in [6.45, 7) is 7.51. The van der Waals surface area contributed by atoms with Gasteiger partial charge in [0.05, 0.1) is 22.3 Å². The van der Waals surface area contributed by atoms with Crippen LogP contribution in [0.25, 0.3) is 10.2 Å². The van der Waals surface area contributed by atoms with E-state index in [0.717, 1.165) is 51.4 Å². The zero-order chi connectivity index (χ0) is 13.8. The minimum Gasteiger partial charge on any atom is -0.383 e. The van der Waals surface area contributed by atoms with Crippen molar-refractivity contribution in [2.75, 3.05) is 46.4 Å². The number of benzene rings is 1. The van der Waals surface area contributed by atoms with Crippen LogP contribution in [-0.2, 0) is 11.3 Å². The SMILES string of the molecule is COCCN1CCN(Cc2ccc3ncsc3c2)CC1. The first-order valence-corrected chi connectivity index (χ1v) is 7.99. The van der Waals surface area contributed by atoms with Crippen molar-refractivity contribution in [3.8, 4) is 0 Å². The molecule has 1 aliphatic rings. The van der Waals surface area contributed by atoms with E-state index in [-0.39, 0.29) is 0 Å². The first kappa shape index (κ1) is 13.9. The van der Waals surface area contributed by atoms with Crippen molar-refractivity contribution in [3.05, 3.63) is 29.3 Å². The van der Waals surface area contributed by atoms with Crippen LogP contribution < -0.4 is 0 Å². The lowest BCUT2D eigenvalue weighted by Gasteiger charge is -2.34. The molecule has 0 atom stereocenters. The summed E-state index contributed by atoms with van der Waals surface area (Å²) >= 11 is 1.72. The highest BCUT2D eigenvalue weighted by molar-refractivity contribution is 7.16. The number of fused-ring (bicyclic) bond motifs is 1. The summed E-state index contributed by atoms with van der Waals surface area (Å²) in [5.74, 6) is 0. The van der Waals surface area contributed by atoms with Crippen LogP contribution in [0.4, 0.5) is 0 Å². The topological polar surface area (TPSA) is 28.6 Å². The van der Waals surface area contributed by atoms with Gasteiger partial charge >= 0.3 is 0 Å². The van der Waals surface area contributed by atoms with Gasteiger partial charge in [-0.25, -0.2) is 4.98 Å². The van der Waals surface area contributed by atoms with Crippen molar-refractivity contribution in [2.24, 2.45) is 0 Å². The Morgan fingerprint density at radius 3 is 2.80 bits per heavy atom. The lowest BCUT2D eigenvalue weighted by molar-refractivity contribution is 0.0938. The number of rotatable bonds is 5. The van der Waals surface area contributed by atoms with Crippen molar-refractivity contribution in [3.63, 3.8) is 0 Å². The lowest BCUT2D eigenvalue weighted by Crippen LogP contribution is -2.46. The van der Waals surface area contributed by atoms with Gasteiger partial charge < -0.3 is 4.74 Å². The molecule has 1 aromatic carbocycles. The molecule has 1 saturated heterocycles. The van der Waals surface area contributed by atoms with Crippen molar-refractivity contribution in [1.29, 1.82) is 0 Å². The third-order valence-electron chi connectivity index (χ3n) is 3.88. The highest BCUT2D eigenvalue weighted by atomic mass is 32.1. The number of hydrogen-bond acceptors (Lipinski definition) is 5. The Balaban J connectivity index is 1.53. The standard InChI is InChI=1S/C15H21N3OS/c1-19-9-8-17-4-6-18(7-5-17)11-13-2-3-14-15(10-13)20-12-16-14/h2-3,10,12H,4-9,11H2,1H3. The van der Waals surface area contributed by atoms with E-state index in [1.165, 1.54) is 10.3 Å². The molecule has 20 heavy (non-hydrogen) atoms. The van der Waals surface area contributed by atoms with Crippen LogP contribution in [0.5, 0.6) is 0 Å². The van der Waals surface area contributed by atoms with Gasteiger partial charge in [-0.15, -0.1) is 11.3 Å². The molecule has 0 radical (unpaired) electrons. The average molecular weight is 291 g/mol. The lowest BCUT2D eigenvalue weighted by atomic mass is 10.2. The highest BCUT2D eigenvalue weighted by Crippen LogP contribution is 2.20. The van der Waals surface area contributed by atoms with E-state index < -0.39 is 0 Å². The Hall–Kier alpha value is -1.01. The Labute approximate surface area is 124 Å². The summed E-state index contributed by atoms with van der Waals surface area (Å²) in [6.07, 6.45) is 0. The number of nitrogens with zero attached hydrogens (tertiary/aromatic N) is 3. The third kappa shape index (κ3) is 3.35. The quantitative estimate of drug-likeness (QED) is 0.843. The number of thiazole rings is 1. The molecule has 5 heteroatoms. The fraction of sp³-hybridized carbons (Fsp3) is 0.533. The van der Waals surface area contributed by atoms with E-state index in [0.29, 0.717) is 0 Å². The summed E-state index contributed by atoms with van der Waals surface area (Å²) in [5.41, 5.74) is 4.43. The number of hydrogen-bond donors (Lipinski definition) is 0. The molecular formula is C15H21N3OS. The summed E-state index contributed by atoms with van der Waals surface area (Å²) in [7, 11) is 1.77. The molecule has 3 rings (SSSR count). The smallest absolute Gasteiger partial charge is 0.0812 e. The van der Waals surface area contributed by atoms with Crippen molar-refractivity contribution >= 4 is 21.6 Å². The van der Waals surface area contributed by atoms with Crippen molar-refractivity contribution < 1.29 is 4.74 Å². The number of piperazine rings is 1. The zero-order valence-corrected chi connectivity index (χ0v) is 12.7. The van der Waals surface area contributed by atoms with Crippen molar-refractivity contribution in [1.82, 2.24) is 14.8 Å². The molecule has 2 aromatic rings. The van der Waals surface area contributed by atoms with Gasteiger partial charge in [0.15, 0.2) is 0 Å². The third-order valence-corrected chi connectivity index (χ3v) is 4.67. The van der Waals surface area contributed by atoms with E-state index in [9.17, 15) is 0 Å². The predicted octanol–water partition coefficient (Wildman–Crippen LogP) is 2.06. The van der Waals surface area contributed by atoms with Crippen LogP contribution in [0.1, 0.15) is 5.56 Å². The van der Waals surface area contributed by atoms with Gasteiger partial charge in [0, 0.05) is 46.4 Å². The first-order chi connectivity index (χ1) is 9.85.